The molecule has 1 amide bonds. The van der Waals surface area contributed by atoms with Crippen LogP contribution in [-0.4, -0.2) is 49.7 Å². The Kier molecular flexibility index (Phi) is 6.26. The van der Waals surface area contributed by atoms with Gasteiger partial charge in [0, 0.05) is 31.7 Å². The van der Waals surface area contributed by atoms with Gasteiger partial charge in [-0.1, -0.05) is 39.2 Å². The van der Waals surface area contributed by atoms with Gasteiger partial charge in [-0.3, -0.25) is 4.79 Å². The maximum absolute atomic E-state index is 13.1. The van der Waals surface area contributed by atoms with Crippen LogP contribution in [0.2, 0.25) is 0 Å². The summed E-state index contributed by atoms with van der Waals surface area (Å²) < 4.78 is 27.8. The number of carbonyl (C=O) groups is 1. The maximum atomic E-state index is 13.1. The summed E-state index contributed by atoms with van der Waals surface area (Å²) >= 11 is 0. The smallest absolute Gasteiger partial charge is 0.253 e. The fraction of sp³-hybridized carbons (Fsp3) is 0.667. The number of carbonyl (C=O) groups excluding carboxylic acids is 1. The van der Waals surface area contributed by atoms with E-state index in [0.717, 1.165) is 32.1 Å². The first-order valence-electron chi connectivity index (χ1n) is 10.2. The molecule has 2 unspecified atom stereocenters. The normalized spacial score (nSPS) is 25.3. The average Bonchev–Trinajstić information content (AvgIpc) is 2.67. The van der Waals surface area contributed by atoms with Crippen LogP contribution in [0.4, 0.5) is 0 Å². The van der Waals surface area contributed by atoms with E-state index in [2.05, 4.69) is 13.8 Å². The van der Waals surface area contributed by atoms with Gasteiger partial charge in [0.25, 0.3) is 5.91 Å². The molecule has 0 N–H and O–H groups in total. The van der Waals surface area contributed by atoms with Crippen molar-refractivity contribution < 1.29 is 13.2 Å². The van der Waals surface area contributed by atoms with Gasteiger partial charge in [0.15, 0.2) is 0 Å². The molecular weight excluding hydrogens is 360 g/mol. The third-order valence-electron chi connectivity index (χ3n) is 6.00. The molecule has 1 aliphatic carbocycles. The number of amides is 1. The van der Waals surface area contributed by atoms with Gasteiger partial charge >= 0.3 is 0 Å². The van der Waals surface area contributed by atoms with Gasteiger partial charge in [0.2, 0.25) is 10.0 Å². The minimum absolute atomic E-state index is 0.0840. The van der Waals surface area contributed by atoms with E-state index in [1.165, 1.54) is 6.42 Å². The highest BCUT2D eigenvalue weighted by atomic mass is 32.2. The molecular formula is C21H32N2O3S. The molecule has 6 heteroatoms. The fourth-order valence-electron chi connectivity index (χ4n) is 4.58. The highest BCUT2D eigenvalue weighted by Crippen LogP contribution is 2.28. The molecule has 150 valence electrons. The van der Waals surface area contributed by atoms with E-state index in [4.69, 9.17) is 0 Å². The van der Waals surface area contributed by atoms with E-state index in [9.17, 15) is 13.2 Å². The van der Waals surface area contributed by atoms with Gasteiger partial charge < -0.3 is 4.90 Å². The molecule has 27 heavy (non-hydrogen) atoms. The van der Waals surface area contributed by atoms with Gasteiger partial charge in [0.05, 0.1) is 4.90 Å². The van der Waals surface area contributed by atoms with Crippen molar-refractivity contribution in [1.82, 2.24) is 9.21 Å². The van der Waals surface area contributed by atoms with Crippen LogP contribution in [0, 0.1) is 11.8 Å². The maximum Gasteiger partial charge on any atom is 0.253 e. The number of benzene rings is 1. The summed E-state index contributed by atoms with van der Waals surface area (Å²) in [4.78, 5) is 15.0. The van der Waals surface area contributed by atoms with Crippen LogP contribution in [-0.2, 0) is 10.0 Å². The van der Waals surface area contributed by atoms with Crippen LogP contribution in [0.15, 0.2) is 29.2 Å². The van der Waals surface area contributed by atoms with E-state index >= 15 is 0 Å². The van der Waals surface area contributed by atoms with Crippen molar-refractivity contribution in [3.05, 3.63) is 29.8 Å². The molecule has 1 saturated heterocycles. The van der Waals surface area contributed by atoms with Crippen LogP contribution in [0.5, 0.6) is 0 Å². The Labute approximate surface area is 163 Å². The van der Waals surface area contributed by atoms with Crippen LogP contribution < -0.4 is 0 Å². The molecule has 2 atom stereocenters. The Balaban J connectivity index is 1.81. The van der Waals surface area contributed by atoms with Crippen molar-refractivity contribution in [2.24, 2.45) is 11.8 Å². The molecule has 1 aromatic rings. The quantitative estimate of drug-likeness (QED) is 0.784. The topological polar surface area (TPSA) is 57.7 Å². The number of hydrogen-bond donors (Lipinski definition) is 0. The van der Waals surface area contributed by atoms with E-state index in [-0.39, 0.29) is 16.8 Å². The Morgan fingerprint density at radius 2 is 1.70 bits per heavy atom. The van der Waals surface area contributed by atoms with Gasteiger partial charge in [0.1, 0.15) is 0 Å². The summed E-state index contributed by atoms with van der Waals surface area (Å²) in [6.07, 6.45) is 6.66. The summed E-state index contributed by atoms with van der Waals surface area (Å²) in [7, 11) is -1.73. The van der Waals surface area contributed by atoms with Gasteiger partial charge in [-0.05, 0) is 49.3 Å². The fourth-order valence-corrected chi connectivity index (χ4v) is 6.30. The van der Waals surface area contributed by atoms with Crippen molar-refractivity contribution >= 4 is 15.9 Å². The van der Waals surface area contributed by atoms with Crippen molar-refractivity contribution in [2.45, 2.75) is 63.3 Å². The molecule has 5 nitrogen and oxygen atoms in total. The number of rotatable bonds is 4. The lowest BCUT2D eigenvalue weighted by Crippen LogP contribution is -2.42. The SMILES string of the molecule is CC1CC(C)CN(S(=O)(=O)c2cccc(C(=O)N(C)C3CCCCC3)c2)C1. The highest BCUT2D eigenvalue weighted by molar-refractivity contribution is 7.89. The summed E-state index contributed by atoms with van der Waals surface area (Å²) in [5.74, 6) is 0.621. The monoisotopic (exact) mass is 392 g/mol. The predicted octanol–water partition coefficient (Wildman–Crippen LogP) is 3.76. The first-order valence-corrected chi connectivity index (χ1v) is 11.6. The molecule has 2 fully saturated rings. The Bertz CT molecular complexity index is 761. The molecule has 1 aromatic carbocycles. The summed E-state index contributed by atoms with van der Waals surface area (Å²) in [5.41, 5.74) is 0.460. The number of sulfonamides is 1. The summed E-state index contributed by atoms with van der Waals surface area (Å²) in [6.45, 7) is 5.29. The standard InChI is InChI=1S/C21H32N2O3S/c1-16-12-17(2)15-23(14-16)27(25,26)20-11-7-8-18(13-20)21(24)22(3)19-9-5-4-6-10-19/h7-8,11,13,16-17,19H,4-6,9-10,12,14-15H2,1-3H3. The molecule has 0 spiro atoms. The van der Waals surface area contributed by atoms with E-state index in [0.29, 0.717) is 30.5 Å². The zero-order valence-electron chi connectivity index (χ0n) is 16.7. The molecule has 0 aromatic heterocycles. The first kappa shape index (κ1) is 20.3. The van der Waals surface area contributed by atoms with Crippen LogP contribution >= 0.6 is 0 Å². The molecule has 3 rings (SSSR count). The molecule has 0 radical (unpaired) electrons. The second-order valence-electron chi connectivity index (χ2n) is 8.50. The van der Waals surface area contributed by atoms with Crippen LogP contribution in [0.3, 0.4) is 0 Å². The van der Waals surface area contributed by atoms with Crippen molar-refractivity contribution in [1.29, 1.82) is 0 Å². The number of hydrogen-bond acceptors (Lipinski definition) is 3. The predicted molar refractivity (Wildman–Crippen MR) is 107 cm³/mol. The first-order chi connectivity index (χ1) is 12.8. The van der Waals surface area contributed by atoms with Gasteiger partial charge in [-0.2, -0.15) is 4.31 Å². The summed E-state index contributed by atoms with van der Waals surface area (Å²) in [6, 6.07) is 6.83. The highest BCUT2D eigenvalue weighted by Gasteiger charge is 2.32. The second kappa shape index (κ2) is 8.31. The molecule has 2 aliphatic rings. The van der Waals surface area contributed by atoms with Crippen LogP contribution in [0.25, 0.3) is 0 Å². The van der Waals surface area contributed by atoms with E-state index in [1.807, 2.05) is 7.05 Å². The van der Waals surface area contributed by atoms with Gasteiger partial charge in [-0.25, -0.2) is 8.42 Å². The zero-order valence-corrected chi connectivity index (χ0v) is 17.5. The largest absolute Gasteiger partial charge is 0.339 e. The third kappa shape index (κ3) is 4.54. The molecule has 1 heterocycles. The summed E-state index contributed by atoms with van der Waals surface area (Å²) in [5, 5.41) is 0. The van der Waals surface area contributed by atoms with Crippen molar-refractivity contribution in [3.8, 4) is 0 Å². The van der Waals surface area contributed by atoms with Crippen molar-refractivity contribution in [3.63, 3.8) is 0 Å². The average molecular weight is 393 g/mol. The lowest BCUT2D eigenvalue weighted by Gasteiger charge is -2.34. The van der Waals surface area contributed by atoms with Crippen molar-refractivity contribution in [2.75, 3.05) is 20.1 Å². The number of piperidine rings is 1. The lowest BCUT2D eigenvalue weighted by atomic mass is 9.94. The Morgan fingerprint density at radius 1 is 1.07 bits per heavy atom. The Morgan fingerprint density at radius 3 is 2.33 bits per heavy atom. The Hall–Kier alpha value is -1.40. The third-order valence-corrected chi connectivity index (χ3v) is 7.82. The zero-order chi connectivity index (χ0) is 19.6. The lowest BCUT2D eigenvalue weighted by molar-refractivity contribution is 0.0696. The van der Waals surface area contributed by atoms with Gasteiger partial charge in [-0.15, -0.1) is 0 Å². The number of nitrogens with zero attached hydrogens (tertiary/aromatic N) is 2. The van der Waals surface area contributed by atoms with E-state index < -0.39 is 10.0 Å². The minimum atomic E-state index is -3.57. The second-order valence-corrected chi connectivity index (χ2v) is 10.4. The van der Waals surface area contributed by atoms with E-state index in [1.54, 1.807) is 33.5 Å². The molecule has 1 saturated carbocycles. The molecule has 0 bridgehead atoms. The molecule has 1 aliphatic heterocycles. The minimum Gasteiger partial charge on any atom is -0.339 e. The van der Waals surface area contributed by atoms with Crippen LogP contribution in [0.1, 0.15) is 62.7 Å².